The molecule has 0 aliphatic heterocycles. The van der Waals surface area contributed by atoms with Gasteiger partial charge in [-0.15, -0.1) is 70.4 Å². The SMILES string of the molecule is Cc1ccnc(-c2[c-]ccc(-c3ccccc3)c2)n1.[Ir].[c-]1cccc2ccc3cccnc3c12. The number of rotatable bonds is 2. The molecular weight excluding hydrogens is 595 g/mol. The summed E-state index contributed by atoms with van der Waals surface area (Å²) in [5.41, 5.74) is 5.25. The van der Waals surface area contributed by atoms with Gasteiger partial charge in [0.25, 0.3) is 0 Å². The molecule has 4 aromatic carbocycles. The van der Waals surface area contributed by atoms with Gasteiger partial charge in [0.15, 0.2) is 0 Å². The molecule has 0 aliphatic carbocycles. The largest absolute Gasteiger partial charge is 0.304 e. The predicted molar refractivity (Wildman–Crippen MR) is 135 cm³/mol. The molecule has 2 heterocycles. The molecule has 0 spiro atoms. The van der Waals surface area contributed by atoms with Crippen molar-refractivity contribution in [2.75, 3.05) is 0 Å². The van der Waals surface area contributed by atoms with Crippen molar-refractivity contribution in [3.05, 3.63) is 127 Å². The number of nitrogens with zero attached hydrogens (tertiary/aromatic N) is 3. The average molecular weight is 616 g/mol. The summed E-state index contributed by atoms with van der Waals surface area (Å²) in [4.78, 5) is 13.1. The zero-order valence-corrected chi connectivity index (χ0v) is 21.0. The first-order valence-corrected chi connectivity index (χ1v) is 10.8. The molecule has 0 bridgehead atoms. The summed E-state index contributed by atoms with van der Waals surface area (Å²) in [6.45, 7) is 1.96. The van der Waals surface area contributed by atoms with E-state index < -0.39 is 0 Å². The Morgan fingerprint density at radius 1 is 0.647 bits per heavy atom. The van der Waals surface area contributed by atoms with E-state index >= 15 is 0 Å². The van der Waals surface area contributed by atoms with Crippen LogP contribution in [0.25, 0.3) is 44.2 Å². The first kappa shape index (κ1) is 23.4. The maximum atomic E-state index is 4.44. The molecule has 167 valence electrons. The van der Waals surface area contributed by atoms with Crippen molar-refractivity contribution in [1.29, 1.82) is 0 Å². The maximum Gasteiger partial charge on any atom is 0.0751 e. The number of fused-ring (bicyclic) bond motifs is 3. The minimum Gasteiger partial charge on any atom is -0.304 e. The monoisotopic (exact) mass is 616 g/mol. The maximum absolute atomic E-state index is 4.44. The molecule has 4 heteroatoms. The number of hydrogen-bond donors (Lipinski definition) is 0. The van der Waals surface area contributed by atoms with Crippen LogP contribution in [0.5, 0.6) is 0 Å². The minimum atomic E-state index is 0. The molecule has 0 aliphatic rings. The molecule has 0 amide bonds. The van der Waals surface area contributed by atoms with Gasteiger partial charge in [0.05, 0.1) is 5.82 Å². The molecule has 6 rings (SSSR count). The van der Waals surface area contributed by atoms with E-state index in [-0.39, 0.29) is 20.1 Å². The van der Waals surface area contributed by atoms with Gasteiger partial charge < -0.3 is 4.98 Å². The van der Waals surface area contributed by atoms with Crippen LogP contribution in [0.1, 0.15) is 5.69 Å². The van der Waals surface area contributed by atoms with E-state index in [0.717, 1.165) is 33.5 Å². The fourth-order valence-electron chi connectivity index (χ4n) is 3.72. The molecule has 3 nitrogen and oxygen atoms in total. The Morgan fingerprint density at radius 3 is 2.32 bits per heavy atom. The molecule has 0 saturated carbocycles. The van der Waals surface area contributed by atoms with Crippen LogP contribution in [-0.4, -0.2) is 15.0 Å². The van der Waals surface area contributed by atoms with E-state index in [4.69, 9.17) is 0 Å². The van der Waals surface area contributed by atoms with Crippen molar-refractivity contribution in [2.24, 2.45) is 0 Å². The number of pyridine rings is 1. The van der Waals surface area contributed by atoms with Gasteiger partial charge in [0.1, 0.15) is 0 Å². The number of hydrogen-bond acceptors (Lipinski definition) is 3. The van der Waals surface area contributed by atoms with E-state index in [0.29, 0.717) is 0 Å². The number of aromatic nitrogens is 3. The summed E-state index contributed by atoms with van der Waals surface area (Å²) < 4.78 is 0. The normalized spacial score (nSPS) is 10.3. The van der Waals surface area contributed by atoms with Crippen LogP contribution in [0.4, 0.5) is 0 Å². The van der Waals surface area contributed by atoms with Gasteiger partial charge in [-0.05, 0) is 35.5 Å². The fraction of sp³-hybridized carbons (Fsp3) is 0.0333. The molecule has 6 aromatic rings. The number of benzene rings is 4. The van der Waals surface area contributed by atoms with Gasteiger partial charge in [-0.3, -0.25) is 9.97 Å². The van der Waals surface area contributed by atoms with E-state index in [2.05, 4.69) is 75.6 Å². The molecule has 0 atom stereocenters. The second-order valence-electron chi connectivity index (χ2n) is 7.65. The van der Waals surface area contributed by atoms with Gasteiger partial charge in [-0.1, -0.05) is 48.5 Å². The van der Waals surface area contributed by atoms with Crippen LogP contribution in [-0.2, 0) is 20.1 Å². The van der Waals surface area contributed by atoms with Crippen LogP contribution in [0.15, 0.2) is 109 Å². The Kier molecular flexibility index (Phi) is 7.54. The van der Waals surface area contributed by atoms with E-state index in [1.807, 2.05) is 61.7 Å². The Morgan fingerprint density at radius 2 is 1.47 bits per heavy atom. The van der Waals surface area contributed by atoms with Crippen LogP contribution in [0.2, 0.25) is 0 Å². The molecule has 1 radical (unpaired) electrons. The van der Waals surface area contributed by atoms with Gasteiger partial charge in [-0.2, -0.15) is 0 Å². The molecular formula is C30H21IrN3-2. The smallest absolute Gasteiger partial charge is 0.0751 e. The molecule has 0 unspecified atom stereocenters. The zero-order chi connectivity index (χ0) is 22.5. The van der Waals surface area contributed by atoms with Crippen LogP contribution >= 0.6 is 0 Å². The standard InChI is InChI=1S/C17H13N2.C13H8N.Ir/c1-13-10-11-18-17(19-13)16-9-5-8-15(12-16)14-6-3-2-4-7-14;1-2-6-12-10(4-1)7-8-11-5-3-9-14-13(11)12;/h2-8,10-12H,1H3;1-5,7-9H;/q2*-1;. The van der Waals surface area contributed by atoms with Crippen LogP contribution < -0.4 is 0 Å². The molecule has 0 fully saturated rings. The van der Waals surface area contributed by atoms with Crippen LogP contribution in [0, 0.1) is 19.1 Å². The Hall–Kier alpha value is -3.72. The molecule has 0 saturated heterocycles. The van der Waals surface area contributed by atoms with Crippen LogP contribution in [0.3, 0.4) is 0 Å². The average Bonchev–Trinajstić information content (AvgIpc) is 2.90. The second-order valence-corrected chi connectivity index (χ2v) is 7.65. The van der Waals surface area contributed by atoms with Gasteiger partial charge in [0.2, 0.25) is 0 Å². The van der Waals surface area contributed by atoms with Gasteiger partial charge in [0, 0.05) is 38.2 Å². The van der Waals surface area contributed by atoms with Crippen molar-refractivity contribution >= 4 is 21.7 Å². The second kappa shape index (κ2) is 10.9. The van der Waals surface area contributed by atoms with E-state index in [1.165, 1.54) is 16.3 Å². The Labute approximate surface area is 212 Å². The summed E-state index contributed by atoms with van der Waals surface area (Å²) in [5.74, 6) is 0.720. The van der Waals surface area contributed by atoms with Gasteiger partial charge >= 0.3 is 0 Å². The van der Waals surface area contributed by atoms with Crippen molar-refractivity contribution < 1.29 is 20.1 Å². The summed E-state index contributed by atoms with van der Waals surface area (Å²) in [6.07, 6.45) is 3.60. The third-order valence-corrected chi connectivity index (χ3v) is 5.35. The molecule has 34 heavy (non-hydrogen) atoms. The topological polar surface area (TPSA) is 38.7 Å². The number of aryl methyl sites for hydroxylation is 1. The molecule has 2 aromatic heterocycles. The van der Waals surface area contributed by atoms with E-state index in [9.17, 15) is 0 Å². The first-order valence-electron chi connectivity index (χ1n) is 10.8. The third kappa shape index (κ3) is 5.26. The Bertz CT molecular complexity index is 1480. The Balaban J connectivity index is 0.000000163. The summed E-state index contributed by atoms with van der Waals surface area (Å²) in [5, 5.41) is 3.46. The molecule has 0 N–H and O–H groups in total. The zero-order valence-electron chi connectivity index (χ0n) is 18.6. The first-order chi connectivity index (χ1) is 16.3. The quantitative estimate of drug-likeness (QED) is 0.154. The summed E-state index contributed by atoms with van der Waals surface area (Å²) in [7, 11) is 0. The predicted octanol–water partition coefficient (Wildman–Crippen LogP) is 7.10. The van der Waals surface area contributed by atoms with Gasteiger partial charge in [-0.25, -0.2) is 0 Å². The van der Waals surface area contributed by atoms with E-state index in [1.54, 1.807) is 6.20 Å². The van der Waals surface area contributed by atoms with Crippen molar-refractivity contribution in [1.82, 2.24) is 15.0 Å². The summed E-state index contributed by atoms with van der Waals surface area (Å²) >= 11 is 0. The van der Waals surface area contributed by atoms with Crippen molar-refractivity contribution in [3.8, 4) is 22.5 Å². The van der Waals surface area contributed by atoms with Crippen molar-refractivity contribution in [2.45, 2.75) is 6.92 Å². The van der Waals surface area contributed by atoms with Crippen molar-refractivity contribution in [3.63, 3.8) is 0 Å². The fourth-order valence-corrected chi connectivity index (χ4v) is 3.72. The minimum absolute atomic E-state index is 0. The summed E-state index contributed by atoms with van der Waals surface area (Å²) in [6, 6.07) is 38.9. The third-order valence-electron chi connectivity index (χ3n) is 5.35.